The Bertz CT molecular complexity index is 994. The Morgan fingerprint density at radius 1 is 1.03 bits per heavy atom. The van der Waals surface area contributed by atoms with Crippen LogP contribution < -0.4 is 10.2 Å². The summed E-state index contributed by atoms with van der Waals surface area (Å²) in [6.07, 6.45) is 3.25. The van der Waals surface area contributed by atoms with Gasteiger partial charge in [0.1, 0.15) is 5.82 Å². The first-order valence-corrected chi connectivity index (χ1v) is 10.1. The van der Waals surface area contributed by atoms with Gasteiger partial charge < -0.3 is 10.3 Å². The number of hydrogen-bond donors (Lipinski definition) is 2. The number of H-pyrrole nitrogens is 1. The molecule has 0 unspecified atom stereocenters. The summed E-state index contributed by atoms with van der Waals surface area (Å²) < 4.78 is 0. The molecule has 3 aromatic rings. The molecule has 152 valence electrons. The fraction of sp³-hybridized carbons (Fsp3) is 0.364. The first kappa shape index (κ1) is 20.5. The van der Waals surface area contributed by atoms with Crippen molar-refractivity contribution >= 4 is 40.3 Å². The van der Waals surface area contributed by atoms with Gasteiger partial charge in [0.2, 0.25) is 11.9 Å². The Balaban J connectivity index is 1.81. The van der Waals surface area contributed by atoms with Gasteiger partial charge in [-0.05, 0) is 56.2 Å². The highest BCUT2D eigenvalue weighted by atomic mass is 16.2. The van der Waals surface area contributed by atoms with Crippen molar-refractivity contribution in [2.75, 3.05) is 16.8 Å². The van der Waals surface area contributed by atoms with Crippen LogP contribution in [0.1, 0.15) is 56.8 Å². The fourth-order valence-corrected chi connectivity index (χ4v) is 3.07. The summed E-state index contributed by atoms with van der Waals surface area (Å²) >= 11 is 0. The van der Waals surface area contributed by atoms with Crippen LogP contribution in [0.4, 0.5) is 17.5 Å². The van der Waals surface area contributed by atoms with E-state index < -0.39 is 0 Å². The van der Waals surface area contributed by atoms with Crippen molar-refractivity contribution < 1.29 is 9.59 Å². The van der Waals surface area contributed by atoms with E-state index in [0.29, 0.717) is 35.9 Å². The van der Waals surface area contributed by atoms with E-state index in [0.717, 1.165) is 30.5 Å². The molecular weight excluding hydrogens is 366 g/mol. The number of nitrogens with zero attached hydrogens (tertiary/aromatic N) is 3. The molecule has 7 heteroatoms. The maximum atomic E-state index is 12.6. The number of benzene rings is 1. The van der Waals surface area contributed by atoms with Crippen molar-refractivity contribution in [1.29, 1.82) is 0 Å². The van der Waals surface area contributed by atoms with E-state index in [-0.39, 0.29) is 11.7 Å². The summed E-state index contributed by atoms with van der Waals surface area (Å²) in [6, 6.07) is 11.0. The van der Waals surface area contributed by atoms with E-state index in [1.54, 1.807) is 24.0 Å². The van der Waals surface area contributed by atoms with E-state index in [1.165, 1.54) is 0 Å². The number of pyridine rings is 1. The molecule has 7 nitrogen and oxygen atoms in total. The molecule has 29 heavy (non-hydrogen) atoms. The molecule has 2 heterocycles. The van der Waals surface area contributed by atoms with Crippen molar-refractivity contribution in [3.63, 3.8) is 0 Å². The van der Waals surface area contributed by atoms with Gasteiger partial charge >= 0.3 is 0 Å². The van der Waals surface area contributed by atoms with Crippen molar-refractivity contribution in [2.45, 2.75) is 46.5 Å². The van der Waals surface area contributed by atoms with Crippen LogP contribution in [0.15, 0.2) is 36.4 Å². The third-order valence-corrected chi connectivity index (χ3v) is 4.65. The number of hydrogen-bond acceptors (Lipinski definition) is 5. The molecule has 0 aliphatic rings. The van der Waals surface area contributed by atoms with Gasteiger partial charge in [-0.15, -0.1) is 0 Å². The predicted molar refractivity (Wildman–Crippen MR) is 116 cm³/mol. The van der Waals surface area contributed by atoms with E-state index in [1.807, 2.05) is 31.2 Å². The number of carbonyl (C=O) groups is 2. The van der Waals surface area contributed by atoms with Gasteiger partial charge in [0.25, 0.3) is 0 Å². The normalized spacial score (nSPS) is 10.9. The first-order valence-electron chi connectivity index (χ1n) is 10.1. The number of aromatic nitrogens is 3. The number of fused-ring (bicyclic) bond motifs is 1. The van der Waals surface area contributed by atoms with Crippen LogP contribution in [0.25, 0.3) is 11.2 Å². The molecule has 2 aromatic heterocycles. The third kappa shape index (κ3) is 4.99. The van der Waals surface area contributed by atoms with Gasteiger partial charge in [-0.25, -0.2) is 4.98 Å². The van der Waals surface area contributed by atoms with Crippen molar-refractivity contribution in [2.24, 2.45) is 0 Å². The standard InChI is InChI=1S/C22H27N5O2/c1-4-6-7-20(29)27(14-5-2)19-13-12-18-21(25-19)26-22(24-18)23-17-10-8-16(9-11-17)15(3)28/h8-13H,4-7,14H2,1-3H3,(H2,23,24,25,26). The number of carbonyl (C=O) groups excluding carboxylic acids is 2. The lowest BCUT2D eigenvalue weighted by atomic mass is 10.1. The molecule has 1 aromatic carbocycles. The summed E-state index contributed by atoms with van der Waals surface area (Å²) in [4.78, 5) is 38.0. The zero-order chi connectivity index (χ0) is 20.8. The first-order chi connectivity index (χ1) is 14.0. The summed E-state index contributed by atoms with van der Waals surface area (Å²) in [5, 5.41) is 3.19. The number of rotatable bonds is 9. The molecule has 0 saturated heterocycles. The molecule has 0 atom stereocenters. The molecule has 0 saturated carbocycles. The molecule has 0 fully saturated rings. The second kappa shape index (κ2) is 9.32. The van der Waals surface area contributed by atoms with E-state index >= 15 is 0 Å². The Morgan fingerprint density at radius 2 is 1.79 bits per heavy atom. The number of ketones is 1. The Hall–Kier alpha value is -3.22. The van der Waals surface area contributed by atoms with Crippen LogP contribution in [0, 0.1) is 0 Å². The summed E-state index contributed by atoms with van der Waals surface area (Å²) in [6.45, 7) is 6.30. The second-order valence-electron chi connectivity index (χ2n) is 7.03. The quantitative estimate of drug-likeness (QED) is 0.508. The SMILES string of the molecule is CCCCC(=O)N(CCC)c1ccc2[nH]c(Nc3ccc(C(C)=O)cc3)nc2n1. The van der Waals surface area contributed by atoms with E-state index in [4.69, 9.17) is 0 Å². The highest BCUT2D eigenvalue weighted by Crippen LogP contribution is 2.22. The lowest BCUT2D eigenvalue weighted by Gasteiger charge is -2.21. The molecule has 0 spiro atoms. The van der Waals surface area contributed by atoms with Gasteiger partial charge in [-0.2, -0.15) is 4.98 Å². The summed E-state index contributed by atoms with van der Waals surface area (Å²) in [7, 11) is 0. The minimum atomic E-state index is 0.0298. The number of nitrogens with one attached hydrogen (secondary N) is 2. The molecule has 2 N–H and O–H groups in total. The average Bonchev–Trinajstić information content (AvgIpc) is 3.12. The Morgan fingerprint density at radius 3 is 2.45 bits per heavy atom. The fourth-order valence-electron chi connectivity index (χ4n) is 3.07. The zero-order valence-corrected chi connectivity index (χ0v) is 17.2. The lowest BCUT2D eigenvalue weighted by Crippen LogP contribution is -2.32. The Labute approximate surface area is 170 Å². The average molecular weight is 393 g/mol. The second-order valence-corrected chi connectivity index (χ2v) is 7.03. The maximum Gasteiger partial charge on any atom is 0.228 e. The summed E-state index contributed by atoms with van der Waals surface area (Å²) in [5.74, 6) is 1.31. The van der Waals surface area contributed by atoms with Crippen molar-refractivity contribution in [1.82, 2.24) is 15.0 Å². The number of Topliss-reactive ketones (excluding diaryl/α,β-unsaturated/α-hetero) is 1. The highest BCUT2D eigenvalue weighted by molar-refractivity contribution is 5.94. The predicted octanol–water partition coefficient (Wildman–Crippen LogP) is 4.84. The van der Waals surface area contributed by atoms with Crippen LogP contribution in [0.2, 0.25) is 0 Å². The van der Waals surface area contributed by atoms with Gasteiger partial charge in [0.15, 0.2) is 11.4 Å². The number of amides is 1. The molecule has 0 aliphatic carbocycles. The van der Waals surface area contributed by atoms with Crippen LogP contribution in [0.5, 0.6) is 0 Å². The molecule has 0 radical (unpaired) electrons. The topological polar surface area (TPSA) is 91.0 Å². The molecule has 3 rings (SSSR count). The summed E-state index contributed by atoms with van der Waals surface area (Å²) in [5.41, 5.74) is 2.82. The molecule has 1 amide bonds. The van der Waals surface area contributed by atoms with Crippen molar-refractivity contribution in [3.05, 3.63) is 42.0 Å². The lowest BCUT2D eigenvalue weighted by molar-refractivity contribution is -0.118. The van der Waals surface area contributed by atoms with Gasteiger partial charge in [-0.1, -0.05) is 20.3 Å². The van der Waals surface area contributed by atoms with Crippen LogP contribution >= 0.6 is 0 Å². The van der Waals surface area contributed by atoms with E-state index in [9.17, 15) is 9.59 Å². The largest absolute Gasteiger partial charge is 0.326 e. The smallest absolute Gasteiger partial charge is 0.228 e. The van der Waals surface area contributed by atoms with Gasteiger partial charge in [0.05, 0.1) is 5.52 Å². The zero-order valence-electron chi connectivity index (χ0n) is 17.2. The Kier molecular flexibility index (Phi) is 6.59. The van der Waals surface area contributed by atoms with Crippen LogP contribution in [0.3, 0.4) is 0 Å². The minimum Gasteiger partial charge on any atom is -0.326 e. The number of imidazole rings is 1. The number of anilines is 3. The maximum absolute atomic E-state index is 12.6. The van der Waals surface area contributed by atoms with Crippen molar-refractivity contribution in [3.8, 4) is 0 Å². The third-order valence-electron chi connectivity index (χ3n) is 4.65. The van der Waals surface area contributed by atoms with Crippen LogP contribution in [-0.4, -0.2) is 33.2 Å². The molecule has 0 aliphatic heterocycles. The van der Waals surface area contributed by atoms with Gasteiger partial charge in [0, 0.05) is 24.2 Å². The highest BCUT2D eigenvalue weighted by Gasteiger charge is 2.17. The number of unbranched alkanes of at least 4 members (excludes halogenated alkanes) is 1. The van der Waals surface area contributed by atoms with E-state index in [2.05, 4.69) is 27.2 Å². The monoisotopic (exact) mass is 393 g/mol. The molecule has 0 bridgehead atoms. The van der Waals surface area contributed by atoms with Gasteiger partial charge in [-0.3, -0.25) is 14.5 Å². The number of aromatic amines is 1. The minimum absolute atomic E-state index is 0.0298. The molecular formula is C22H27N5O2. The van der Waals surface area contributed by atoms with Crippen LogP contribution in [-0.2, 0) is 4.79 Å².